The molecule has 0 bridgehead atoms. The summed E-state index contributed by atoms with van der Waals surface area (Å²) in [6.45, 7) is 1.43. The minimum Gasteiger partial charge on any atom is -0.355 e. The molecule has 5 heteroatoms. The van der Waals surface area contributed by atoms with Crippen molar-refractivity contribution < 1.29 is 4.79 Å². The molecule has 1 unspecified atom stereocenters. The molecule has 1 aromatic heterocycles. The smallest absolute Gasteiger partial charge is 0.237 e. The van der Waals surface area contributed by atoms with Gasteiger partial charge in [0.05, 0.1) is 17.9 Å². The van der Waals surface area contributed by atoms with Gasteiger partial charge in [-0.05, 0) is 18.4 Å². The van der Waals surface area contributed by atoms with Gasteiger partial charge in [-0.3, -0.25) is 9.89 Å². The summed E-state index contributed by atoms with van der Waals surface area (Å²) < 4.78 is 0. The zero-order valence-electron chi connectivity index (χ0n) is 11.2. The van der Waals surface area contributed by atoms with Crippen molar-refractivity contribution in [2.75, 3.05) is 6.54 Å². The van der Waals surface area contributed by atoms with Crippen LogP contribution in [0.15, 0.2) is 36.5 Å². The van der Waals surface area contributed by atoms with E-state index in [0.29, 0.717) is 6.54 Å². The van der Waals surface area contributed by atoms with Crippen molar-refractivity contribution in [1.29, 1.82) is 0 Å². The second-order valence-corrected chi connectivity index (χ2v) is 5.00. The summed E-state index contributed by atoms with van der Waals surface area (Å²) in [5.41, 5.74) is 3.19. The van der Waals surface area contributed by atoms with E-state index in [2.05, 4.69) is 20.8 Å². The molecule has 3 N–H and O–H groups in total. The van der Waals surface area contributed by atoms with Gasteiger partial charge in [-0.1, -0.05) is 30.3 Å². The molecule has 0 saturated carbocycles. The van der Waals surface area contributed by atoms with E-state index < -0.39 is 0 Å². The second kappa shape index (κ2) is 5.88. The Morgan fingerprint density at radius 2 is 2.15 bits per heavy atom. The Morgan fingerprint density at radius 1 is 1.30 bits per heavy atom. The van der Waals surface area contributed by atoms with E-state index in [-0.39, 0.29) is 11.9 Å². The molecule has 2 heterocycles. The Morgan fingerprint density at radius 3 is 2.95 bits per heavy atom. The van der Waals surface area contributed by atoms with E-state index >= 15 is 0 Å². The Balaban J connectivity index is 1.70. The van der Waals surface area contributed by atoms with Gasteiger partial charge in [-0.25, -0.2) is 0 Å². The van der Waals surface area contributed by atoms with Crippen LogP contribution in [0.1, 0.15) is 18.4 Å². The maximum atomic E-state index is 11.7. The number of aromatic nitrogens is 2. The Kier molecular flexibility index (Phi) is 3.78. The van der Waals surface area contributed by atoms with Gasteiger partial charge in [0.2, 0.25) is 5.91 Å². The number of nitrogens with one attached hydrogen (secondary N) is 3. The number of aromatic amines is 1. The highest BCUT2D eigenvalue weighted by Crippen LogP contribution is 2.20. The fourth-order valence-corrected chi connectivity index (χ4v) is 2.50. The lowest BCUT2D eigenvalue weighted by Gasteiger charge is -2.22. The number of hydrogen-bond acceptors (Lipinski definition) is 3. The topological polar surface area (TPSA) is 69.8 Å². The number of amides is 1. The maximum Gasteiger partial charge on any atom is 0.237 e. The van der Waals surface area contributed by atoms with Gasteiger partial charge in [0, 0.05) is 18.7 Å². The van der Waals surface area contributed by atoms with Crippen LogP contribution in [-0.2, 0) is 11.3 Å². The molecule has 104 valence electrons. The van der Waals surface area contributed by atoms with Gasteiger partial charge in [-0.15, -0.1) is 0 Å². The number of nitrogens with zero attached hydrogens (tertiary/aromatic N) is 1. The standard InChI is InChI=1S/C15H18N4O/c20-15-13(7-4-8-16-15)17-9-12-10-18-19-14(12)11-5-2-1-3-6-11/h1-3,5-6,10,13,17H,4,7-9H2,(H,16,20)(H,18,19). The SMILES string of the molecule is O=C1NCCCC1NCc1cn[nH]c1-c1ccccc1. The van der Waals surface area contributed by atoms with Crippen LogP contribution >= 0.6 is 0 Å². The highest BCUT2D eigenvalue weighted by atomic mass is 16.2. The van der Waals surface area contributed by atoms with E-state index in [1.807, 2.05) is 36.5 Å². The first-order chi connectivity index (χ1) is 9.84. The van der Waals surface area contributed by atoms with Gasteiger partial charge in [-0.2, -0.15) is 5.10 Å². The van der Waals surface area contributed by atoms with Gasteiger partial charge >= 0.3 is 0 Å². The van der Waals surface area contributed by atoms with Gasteiger partial charge < -0.3 is 10.6 Å². The number of H-pyrrole nitrogens is 1. The number of hydrogen-bond donors (Lipinski definition) is 3. The van der Waals surface area contributed by atoms with E-state index in [9.17, 15) is 4.79 Å². The summed E-state index contributed by atoms with van der Waals surface area (Å²) in [4.78, 5) is 11.7. The third-order valence-corrected chi connectivity index (χ3v) is 3.60. The lowest BCUT2D eigenvalue weighted by molar-refractivity contribution is -0.124. The third kappa shape index (κ3) is 2.72. The molecule has 0 spiro atoms. The fourth-order valence-electron chi connectivity index (χ4n) is 2.50. The molecule has 0 radical (unpaired) electrons. The van der Waals surface area contributed by atoms with Crippen LogP contribution in [-0.4, -0.2) is 28.7 Å². The molecule has 0 aliphatic carbocycles. The minimum atomic E-state index is -0.0951. The summed E-state index contributed by atoms with van der Waals surface area (Å²) in [5.74, 6) is 0.0982. The molecule has 20 heavy (non-hydrogen) atoms. The highest BCUT2D eigenvalue weighted by molar-refractivity contribution is 5.82. The summed E-state index contributed by atoms with van der Waals surface area (Å²) in [6.07, 6.45) is 3.74. The van der Waals surface area contributed by atoms with E-state index in [4.69, 9.17) is 0 Å². The lowest BCUT2D eigenvalue weighted by atomic mass is 10.1. The summed E-state index contributed by atoms with van der Waals surface area (Å²) in [7, 11) is 0. The predicted molar refractivity (Wildman–Crippen MR) is 76.9 cm³/mol. The molecule has 2 aromatic rings. The van der Waals surface area contributed by atoms with Crippen molar-refractivity contribution in [2.24, 2.45) is 0 Å². The van der Waals surface area contributed by atoms with Crippen molar-refractivity contribution in [3.8, 4) is 11.3 Å². The van der Waals surface area contributed by atoms with E-state index in [0.717, 1.165) is 36.2 Å². The third-order valence-electron chi connectivity index (χ3n) is 3.60. The van der Waals surface area contributed by atoms with Crippen molar-refractivity contribution in [1.82, 2.24) is 20.8 Å². The number of benzene rings is 1. The fraction of sp³-hybridized carbons (Fsp3) is 0.333. The van der Waals surface area contributed by atoms with Crippen molar-refractivity contribution >= 4 is 5.91 Å². The van der Waals surface area contributed by atoms with Crippen LogP contribution in [0.5, 0.6) is 0 Å². The van der Waals surface area contributed by atoms with Crippen molar-refractivity contribution in [2.45, 2.75) is 25.4 Å². The van der Waals surface area contributed by atoms with Crippen LogP contribution in [0.25, 0.3) is 11.3 Å². The number of carbonyl (C=O) groups excluding carboxylic acids is 1. The number of piperidine rings is 1. The normalized spacial score (nSPS) is 18.8. The Labute approximate surface area is 117 Å². The average Bonchev–Trinajstić information content (AvgIpc) is 2.96. The molecule has 3 rings (SSSR count). The van der Waals surface area contributed by atoms with Crippen LogP contribution < -0.4 is 10.6 Å². The molecule has 5 nitrogen and oxygen atoms in total. The van der Waals surface area contributed by atoms with E-state index in [1.165, 1.54) is 0 Å². The molecular weight excluding hydrogens is 252 g/mol. The summed E-state index contributed by atoms with van der Waals surface area (Å²) in [6, 6.07) is 9.99. The quantitative estimate of drug-likeness (QED) is 0.787. The largest absolute Gasteiger partial charge is 0.355 e. The Hall–Kier alpha value is -2.14. The molecule has 1 amide bonds. The molecular formula is C15H18N4O. The van der Waals surface area contributed by atoms with Crippen LogP contribution in [0.4, 0.5) is 0 Å². The minimum absolute atomic E-state index is 0.0951. The molecule has 1 saturated heterocycles. The summed E-state index contributed by atoms with van der Waals surface area (Å²) in [5, 5.41) is 13.3. The lowest BCUT2D eigenvalue weighted by Crippen LogP contribution is -2.47. The molecule has 1 aliphatic rings. The van der Waals surface area contributed by atoms with Gasteiger partial charge in [0.1, 0.15) is 0 Å². The first kappa shape index (κ1) is 12.9. The van der Waals surface area contributed by atoms with Crippen LogP contribution in [0.2, 0.25) is 0 Å². The monoisotopic (exact) mass is 270 g/mol. The molecule has 1 atom stereocenters. The number of rotatable bonds is 4. The van der Waals surface area contributed by atoms with Gasteiger partial charge in [0.25, 0.3) is 0 Å². The van der Waals surface area contributed by atoms with Crippen molar-refractivity contribution in [3.63, 3.8) is 0 Å². The maximum absolute atomic E-state index is 11.7. The molecule has 1 fully saturated rings. The molecule has 1 aromatic carbocycles. The second-order valence-electron chi connectivity index (χ2n) is 5.00. The predicted octanol–water partition coefficient (Wildman–Crippen LogP) is 1.44. The van der Waals surface area contributed by atoms with Gasteiger partial charge in [0.15, 0.2) is 0 Å². The molecule has 1 aliphatic heterocycles. The van der Waals surface area contributed by atoms with E-state index in [1.54, 1.807) is 0 Å². The van der Waals surface area contributed by atoms with Crippen LogP contribution in [0.3, 0.4) is 0 Å². The first-order valence-corrected chi connectivity index (χ1v) is 6.93. The number of carbonyl (C=O) groups is 1. The highest BCUT2D eigenvalue weighted by Gasteiger charge is 2.21. The Bertz CT molecular complexity index is 579. The average molecular weight is 270 g/mol. The summed E-state index contributed by atoms with van der Waals surface area (Å²) >= 11 is 0. The van der Waals surface area contributed by atoms with Crippen molar-refractivity contribution in [3.05, 3.63) is 42.1 Å². The zero-order chi connectivity index (χ0) is 13.8. The zero-order valence-corrected chi connectivity index (χ0v) is 11.2. The van der Waals surface area contributed by atoms with Crippen LogP contribution in [0, 0.1) is 0 Å². The first-order valence-electron chi connectivity index (χ1n) is 6.93.